The Morgan fingerprint density at radius 1 is 1.03 bits per heavy atom. The van der Waals surface area contributed by atoms with E-state index in [4.69, 9.17) is 14.2 Å². The van der Waals surface area contributed by atoms with Crippen LogP contribution in [0.5, 0.6) is 0 Å². The first-order valence-electron chi connectivity index (χ1n) is 12.6. The average Bonchev–Trinajstić information content (AvgIpc) is 3.45. The maximum Gasteiger partial charge on any atom is 0.261 e. The maximum absolute atomic E-state index is 15.4. The Labute approximate surface area is 199 Å². The van der Waals surface area contributed by atoms with E-state index in [9.17, 15) is 0 Å². The Morgan fingerprint density at radius 2 is 1.85 bits per heavy atom. The highest BCUT2D eigenvalue weighted by Gasteiger charge is 2.30. The van der Waals surface area contributed by atoms with Gasteiger partial charge in [-0.3, -0.25) is 0 Å². The summed E-state index contributed by atoms with van der Waals surface area (Å²) in [7, 11) is 0. The van der Waals surface area contributed by atoms with Crippen molar-refractivity contribution >= 4 is 16.7 Å². The van der Waals surface area contributed by atoms with Gasteiger partial charge in [-0.2, -0.15) is 4.98 Å². The van der Waals surface area contributed by atoms with Crippen molar-refractivity contribution in [3.63, 3.8) is 0 Å². The molecule has 2 saturated heterocycles. The lowest BCUT2D eigenvalue weighted by atomic mass is 9.79. The maximum atomic E-state index is 15.4. The Morgan fingerprint density at radius 3 is 2.50 bits per heavy atom. The number of hydrogen-bond acceptors (Lipinski definition) is 7. The third-order valence-electron chi connectivity index (χ3n) is 7.82. The summed E-state index contributed by atoms with van der Waals surface area (Å²) in [5.74, 6) is 1.99. The molecular weight excluding hydrogens is 433 g/mol. The predicted molar refractivity (Wildman–Crippen MR) is 129 cm³/mol. The summed E-state index contributed by atoms with van der Waals surface area (Å²) in [6, 6.07) is 4.73. The molecule has 180 valence electrons. The minimum Gasteiger partial charge on any atom is -0.380 e. The predicted octanol–water partition coefficient (Wildman–Crippen LogP) is 4.66. The molecule has 4 heterocycles. The van der Waals surface area contributed by atoms with Crippen LogP contribution in [-0.2, 0) is 4.74 Å². The molecule has 3 aromatic rings. The van der Waals surface area contributed by atoms with Crippen LogP contribution in [0.1, 0.15) is 61.4 Å². The quantitative estimate of drug-likeness (QED) is 0.587. The number of halogens is 1. The Kier molecular flexibility index (Phi) is 5.73. The number of aromatic nitrogens is 3. The van der Waals surface area contributed by atoms with Gasteiger partial charge < -0.3 is 19.5 Å². The van der Waals surface area contributed by atoms with E-state index in [2.05, 4.69) is 26.4 Å². The number of fused-ring (bicyclic) bond motifs is 1. The van der Waals surface area contributed by atoms with Crippen LogP contribution in [0.25, 0.3) is 22.4 Å². The molecule has 1 aliphatic carbocycles. The largest absolute Gasteiger partial charge is 0.380 e. The van der Waals surface area contributed by atoms with Crippen molar-refractivity contribution in [3.8, 4) is 11.5 Å². The van der Waals surface area contributed by atoms with Gasteiger partial charge in [-0.1, -0.05) is 11.6 Å². The van der Waals surface area contributed by atoms with Gasteiger partial charge in [0.1, 0.15) is 17.2 Å². The molecule has 3 aliphatic rings. The average molecular weight is 466 g/mol. The van der Waals surface area contributed by atoms with Crippen LogP contribution < -0.4 is 10.2 Å². The van der Waals surface area contributed by atoms with Crippen LogP contribution in [0.15, 0.2) is 16.7 Å². The summed E-state index contributed by atoms with van der Waals surface area (Å²) in [5, 5.41) is 8.61. The number of rotatable bonds is 5. The fraction of sp³-hybridized carbons (Fsp3) is 0.577. The van der Waals surface area contributed by atoms with Gasteiger partial charge in [0.25, 0.3) is 5.89 Å². The SMILES string of the molecule is Cc1noc(-c2c(N3CCC(N[C@H]4CCOC4)CC3)nc3c(F)cc(C4CCC4)cc3c2C)n1. The fourth-order valence-electron chi connectivity index (χ4n) is 5.60. The number of nitrogens with zero attached hydrogens (tertiary/aromatic N) is 4. The lowest BCUT2D eigenvalue weighted by molar-refractivity contribution is 0.186. The first-order valence-corrected chi connectivity index (χ1v) is 12.6. The van der Waals surface area contributed by atoms with Gasteiger partial charge >= 0.3 is 0 Å². The summed E-state index contributed by atoms with van der Waals surface area (Å²) in [6.45, 7) is 7.16. The molecule has 3 fully saturated rings. The zero-order valence-corrected chi connectivity index (χ0v) is 19.9. The molecule has 34 heavy (non-hydrogen) atoms. The minimum atomic E-state index is -0.241. The second-order valence-corrected chi connectivity index (χ2v) is 10.1. The summed E-state index contributed by atoms with van der Waals surface area (Å²) in [5.41, 5.74) is 3.28. The molecule has 1 atom stereocenters. The van der Waals surface area contributed by atoms with E-state index < -0.39 is 0 Å². The number of ether oxygens (including phenoxy) is 1. The molecule has 1 aromatic carbocycles. The molecule has 0 radical (unpaired) electrons. The topological polar surface area (TPSA) is 76.3 Å². The van der Waals surface area contributed by atoms with Crippen molar-refractivity contribution < 1.29 is 13.7 Å². The monoisotopic (exact) mass is 465 g/mol. The molecule has 0 spiro atoms. The van der Waals surface area contributed by atoms with Crippen LogP contribution in [0, 0.1) is 19.7 Å². The molecule has 1 N–H and O–H groups in total. The van der Waals surface area contributed by atoms with Crippen LogP contribution in [0.2, 0.25) is 0 Å². The highest BCUT2D eigenvalue weighted by atomic mass is 19.1. The molecule has 2 aromatic heterocycles. The number of pyridine rings is 1. The highest BCUT2D eigenvalue weighted by molar-refractivity contribution is 5.93. The second-order valence-electron chi connectivity index (χ2n) is 10.1. The van der Waals surface area contributed by atoms with E-state index in [0.29, 0.717) is 35.2 Å². The second kappa shape index (κ2) is 8.89. The number of aryl methyl sites for hydroxylation is 2. The zero-order valence-electron chi connectivity index (χ0n) is 19.9. The number of hydrogen-bond donors (Lipinski definition) is 1. The molecule has 0 bridgehead atoms. The molecule has 8 heteroatoms. The number of nitrogens with one attached hydrogen (secondary N) is 1. The van der Waals surface area contributed by atoms with Gasteiger partial charge in [-0.05, 0) is 75.1 Å². The Bertz CT molecular complexity index is 1190. The van der Waals surface area contributed by atoms with Crippen LogP contribution in [0.3, 0.4) is 0 Å². The van der Waals surface area contributed by atoms with E-state index in [1.807, 2.05) is 13.8 Å². The third kappa shape index (κ3) is 3.96. The van der Waals surface area contributed by atoms with Gasteiger partial charge in [0.2, 0.25) is 0 Å². The minimum absolute atomic E-state index is 0.241. The third-order valence-corrected chi connectivity index (χ3v) is 7.82. The van der Waals surface area contributed by atoms with Crippen molar-refractivity contribution in [3.05, 3.63) is 34.9 Å². The molecule has 6 rings (SSSR count). The van der Waals surface area contributed by atoms with Gasteiger partial charge in [0.05, 0.1) is 12.2 Å². The highest BCUT2D eigenvalue weighted by Crippen LogP contribution is 2.41. The van der Waals surface area contributed by atoms with Gasteiger partial charge in [-0.25, -0.2) is 9.37 Å². The number of piperidine rings is 1. The zero-order chi connectivity index (χ0) is 23.2. The molecule has 0 unspecified atom stereocenters. The molecule has 7 nitrogen and oxygen atoms in total. The lowest BCUT2D eigenvalue weighted by Gasteiger charge is -2.35. The van der Waals surface area contributed by atoms with Gasteiger partial charge in [0, 0.05) is 37.2 Å². The van der Waals surface area contributed by atoms with E-state index >= 15 is 4.39 Å². The van der Waals surface area contributed by atoms with Crippen molar-refractivity contribution in [2.24, 2.45) is 0 Å². The number of anilines is 1. The summed E-state index contributed by atoms with van der Waals surface area (Å²) >= 11 is 0. The van der Waals surface area contributed by atoms with Crippen molar-refractivity contribution in [1.29, 1.82) is 0 Å². The molecule has 0 amide bonds. The van der Waals surface area contributed by atoms with Crippen LogP contribution in [-0.4, -0.2) is 53.5 Å². The molecule has 2 aliphatic heterocycles. The summed E-state index contributed by atoms with van der Waals surface area (Å²) in [4.78, 5) is 11.7. The van der Waals surface area contributed by atoms with Gasteiger partial charge in [-0.15, -0.1) is 0 Å². The van der Waals surface area contributed by atoms with E-state index in [-0.39, 0.29) is 5.82 Å². The van der Waals surface area contributed by atoms with E-state index in [1.165, 1.54) is 6.42 Å². The Hall–Kier alpha value is -2.58. The van der Waals surface area contributed by atoms with Gasteiger partial charge in [0.15, 0.2) is 5.82 Å². The summed E-state index contributed by atoms with van der Waals surface area (Å²) in [6.07, 6.45) is 6.55. The van der Waals surface area contributed by atoms with Crippen LogP contribution in [0.4, 0.5) is 10.2 Å². The van der Waals surface area contributed by atoms with E-state index in [0.717, 1.165) is 86.3 Å². The van der Waals surface area contributed by atoms with Crippen molar-refractivity contribution in [2.75, 3.05) is 31.2 Å². The first kappa shape index (κ1) is 21.9. The van der Waals surface area contributed by atoms with Crippen molar-refractivity contribution in [1.82, 2.24) is 20.4 Å². The van der Waals surface area contributed by atoms with Crippen LogP contribution >= 0.6 is 0 Å². The number of benzene rings is 1. The molecular formula is C26H32FN5O2. The molecule has 1 saturated carbocycles. The lowest BCUT2D eigenvalue weighted by Crippen LogP contribution is -2.46. The standard InChI is InChI=1S/C26H32FN5O2/c1-15-21-12-18(17-4-3-5-17)13-22(27)24(21)30-25(23(15)26-28-16(2)31-34-26)32-9-6-19(7-10-32)29-20-8-11-33-14-20/h12-13,17,19-20,29H,3-11,14H2,1-2H3/t20-/m0/s1. The fourth-order valence-corrected chi connectivity index (χ4v) is 5.60. The smallest absolute Gasteiger partial charge is 0.261 e. The normalized spacial score (nSPS) is 22.0. The Balaban J connectivity index is 1.37. The summed E-state index contributed by atoms with van der Waals surface area (Å²) < 4.78 is 26.5. The first-order chi connectivity index (χ1) is 16.6. The van der Waals surface area contributed by atoms with Crippen molar-refractivity contribution in [2.45, 2.75) is 70.4 Å². The van der Waals surface area contributed by atoms with E-state index in [1.54, 1.807) is 6.07 Å².